The van der Waals surface area contributed by atoms with Gasteiger partial charge in [0.1, 0.15) is 0 Å². The van der Waals surface area contributed by atoms with Crippen LogP contribution in [0.25, 0.3) is 0 Å². The van der Waals surface area contributed by atoms with Crippen LogP contribution < -0.4 is 0 Å². The van der Waals surface area contributed by atoms with Gasteiger partial charge in [-0.05, 0) is 122 Å². The predicted molar refractivity (Wildman–Crippen MR) is 173 cm³/mol. The molecule has 7 unspecified atom stereocenters. The maximum atomic E-state index is 2.81. The maximum Gasteiger partial charge on any atom is -0.00825 e. The van der Waals surface area contributed by atoms with Crippen molar-refractivity contribution in [1.29, 1.82) is 0 Å². The molecule has 0 aromatic carbocycles. The van der Waals surface area contributed by atoms with Gasteiger partial charge in [0, 0.05) is 0 Å². The molecule has 5 rings (SSSR count). The molecule has 0 N–H and O–H groups in total. The number of hydrogen-bond donors (Lipinski definition) is 0. The lowest BCUT2D eigenvalue weighted by atomic mass is 9.41. The van der Waals surface area contributed by atoms with Crippen molar-refractivity contribution in [3.63, 3.8) is 0 Å². The second kappa shape index (κ2) is 15.1. The lowest BCUT2D eigenvalue weighted by Gasteiger charge is -2.63. The van der Waals surface area contributed by atoms with E-state index in [2.05, 4.69) is 54.5 Å². The van der Waals surface area contributed by atoms with Gasteiger partial charge >= 0.3 is 0 Å². The Balaban J connectivity index is 0.000000571. The summed E-state index contributed by atoms with van der Waals surface area (Å²) in [4.78, 5) is 0. The van der Waals surface area contributed by atoms with E-state index in [0.29, 0.717) is 16.2 Å². The summed E-state index contributed by atoms with van der Waals surface area (Å²) in [6.07, 6.45) is 26.4. The van der Waals surface area contributed by atoms with E-state index in [1.165, 1.54) is 103 Å². The first-order valence-electron chi connectivity index (χ1n) is 17.9. The van der Waals surface area contributed by atoms with E-state index in [1.54, 1.807) is 0 Å². The summed E-state index contributed by atoms with van der Waals surface area (Å²) in [6.45, 7) is 25.3. The maximum absolute atomic E-state index is 2.81. The van der Waals surface area contributed by atoms with E-state index >= 15 is 0 Å². The average molecular weight is 529 g/mol. The van der Waals surface area contributed by atoms with Crippen LogP contribution in [-0.2, 0) is 0 Å². The zero-order valence-electron chi connectivity index (χ0n) is 28.4. The van der Waals surface area contributed by atoms with E-state index < -0.39 is 0 Å². The van der Waals surface area contributed by atoms with Gasteiger partial charge in [0.05, 0.1) is 0 Å². The second-order valence-corrected chi connectivity index (χ2v) is 14.8. The zero-order valence-corrected chi connectivity index (χ0v) is 28.4. The van der Waals surface area contributed by atoms with Crippen LogP contribution in [0.2, 0.25) is 0 Å². The normalized spacial score (nSPS) is 39.1. The third kappa shape index (κ3) is 7.14. The van der Waals surface area contributed by atoms with Crippen LogP contribution in [0.1, 0.15) is 179 Å². The molecule has 0 saturated heterocycles. The Hall–Kier alpha value is -0.260. The predicted octanol–water partition coefficient (Wildman–Crippen LogP) is 13.1. The molecule has 5 aliphatic carbocycles. The lowest BCUT2D eigenvalue weighted by Crippen LogP contribution is -2.55. The average Bonchev–Trinajstić information content (AvgIpc) is 3.71. The van der Waals surface area contributed by atoms with E-state index in [1.807, 2.05) is 33.3 Å². The van der Waals surface area contributed by atoms with Crippen LogP contribution in [0.4, 0.5) is 0 Å². The molecular formula is C38H72. The molecule has 0 heterocycles. The highest BCUT2D eigenvalue weighted by molar-refractivity contribution is 5.28. The summed E-state index contributed by atoms with van der Waals surface area (Å²) < 4.78 is 0. The van der Waals surface area contributed by atoms with Crippen LogP contribution in [-0.4, -0.2) is 0 Å². The topological polar surface area (TPSA) is 0 Å². The van der Waals surface area contributed by atoms with Crippen molar-refractivity contribution < 1.29 is 0 Å². The van der Waals surface area contributed by atoms with Gasteiger partial charge in [0.2, 0.25) is 0 Å². The molecule has 0 spiro atoms. The number of allylic oxidation sites excluding steroid dienone is 2. The van der Waals surface area contributed by atoms with Crippen LogP contribution in [0.15, 0.2) is 11.6 Å². The molecule has 0 nitrogen and oxygen atoms in total. The molecule has 4 saturated carbocycles. The van der Waals surface area contributed by atoms with Crippen molar-refractivity contribution in [2.24, 2.45) is 51.8 Å². The highest BCUT2D eigenvalue weighted by atomic mass is 14.7. The zero-order chi connectivity index (χ0) is 28.6. The van der Waals surface area contributed by atoms with Crippen molar-refractivity contribution in [3.05, 3.63) is 11.6 Å². The van der Waals surface area contributed by atoms with Gasteiger partial charge in [-0.3, -0.25) is 0 Å². The van der Waals surface area contributed by atoms with Crippen LogP contribution in [0.3, 0.4) is 0 Å². The molecule has 38 heavy (non-hydrogen) atoms. The fraction of sp³-hybridized carbons (Fsp3) is 0.947. The smallest absolute Gasteiger partial charge is 0.00825 e. The molecule has 0 aromatic rings. The Morgan fingerprint density at radius 3 is 1.97 bits per heavy atom. The third-order valence-corrected chi connectivity index (χ3v) is 12.3. The largest absolute Gasteiger partial charge is 0.0842 e. The van der Waals surface area contributed by atoms with Crippen molar-refractivity contribution >= 4 is 0 Å². The number of rotatable bonds is 7. The first-order chi connectivity index (χ1) is 18.2. The standard InChI is InChI=1S/C30H50.C4H10.2C2H6/c1-21(2)8-6-7-9-24-12-13-26-28(24,3)19-16-27-29(4)17-14-23(22-10-11-22)20-25(29)15-18-30(26,27)5;1-3-4-2;2*1-2/h15,21-24,26-27H,6-14,16-20H2,1-5H3;3-4H2,1-2H3;2*1-2H3. The summed E-state index contributed by atoms with van der Waals surface area (Å²) in [5.74, 6) is 5.98. The third-order valence-electron chi connectivity index (χ3n) is 12.3. The molecular weight excluding hydrogens is 456 g/mol. The summed E-state index contributed by atoms with van der Waals surface area (Å²) in [5, 5.41) is 0. The van der Waals surface area contributed by atoms with Gasteiger partial charge in [-0.1, -0.05) is 120 Å². The molecule has 0 aromatic heterocycles. The summed E-state index contributed by atoms with van der Waals surface area (Å²) in [5.41, 5.74) is 3.66. The minimum atomic E-state index is 0.537. The molecule has 0 heteroatoms. The van der Waals surface area contributed by atoms with Crippen molar-refractivity contribution in [2.75, 3.05) is 0 Å². The van der Waals surface area contributed by atoms with Gasteiger partial charge in [0.25, 0.3) is 0 Å². The Morgan fingerprint density at radius 1 is 0.737 bits per heavy atom. The van der Waals surface area contributed by atoms with Crippen LogP contribution >= 0.6 is 0 Å². The van der Waals surface area contributed by atoms with Crippen molar-refractivity contribution in [2.45, 2.75) is 179 Å². The first-order valence-corrected chi connectivity index (χ1v) is 17.9. The van der Waals surface area contributed by atoms with Crippen molar-refractivity contribution in [1.82, 2.24) is 0 Å². The number of unbranched alkanes of at least 4 members (excludes halogenated alkanes) is 2. The Kier molecular flexibility index (Phi) is 13.5. The molecule has 5 aliphatic rings. The van der Waals surface area contributed by atoms with E-state index in [9.17, 15) is 0 Å². The molecule has 224 valence electrons. The van der Waals surface area contributed by atoms with Crippen LogP contribution in [0, 0.1) is 51.8 Å². The van der Waals surface area contributed by atoms with E-state index in [-0.39, 0.29) is 0 Å². The van der Waals surface area contributed by atoms with Gasteiger partial charge in [-0.15, -0.1) is 0 Å². The SMILES string of the molecule is CC.CC.CC(C)CCCCC1CCC2C1(C)CCC1C3(C)CCC(C4CC4)CC3=CCC12C.CCCC. The highest BCUT2D eigenvalue weighted by Gasteiger charge is 2.63. The number of fused-ring (bicyclic) bond motifs is 5. The quantitative estimate of drug-likeness (QED) is 0.228. The van der Waals surface area contributed by atoms with Gasteiger partial charge in [0.15, 0.2) is 0 Å². The van der Waals surface area contributed by atoms with Crippen LogP contribution in [0.5, 0.6) is 0 Å². The molecule has 4 fully saturated rings. The second-order valence-electron chi connectivity index (χ2n) is 14.8. The lowest BCUT2D eigenvalue weighted by molar-refractivity contribution is -0.107. The number of hydrogen-bond acceptors (Lipinski definition) is 0. The minimum Gasteiger partial charge on any atom is -0.0842 e. The fourth-order valence-electron chi connectivity index (χ4n) is 9.84. The monoisotopic (exact) mass is 529 g/mol. The van der Waals surface area contributed by atoms with Gasteiger partial charge in [-0.2, -0.15) is 0 Å². The highest BCUT2D eigenvalue weighted by Crippen LogP contribution is 2.72. The minimum absolute atomic E-state index is 0.537. The summed E-state index contributed by atoms with van der Waals surface area (Å²) in [6, 6.07) is 0. The molecule has 0 bridgehead atoms. The Bertz CT molecular complexity index is 695. The molecule has 7 atom stereocenters. The Morgan fingerprint density at radius 2 is 1.39 bits per heavy atom. The molecule has 0 aliphatic heterocycles. The van der Waals surface area contributed by atoms with Crippen molar-refractivity contribution in [3.8, 4) is 0 Å². The van der Waals surface area contributed by atoms with Gasteiger partial charge < -0.3 is 0 Å². The van der Waals surface area contributed by atoms with Gasteiger partial charge in [-0.25, -0.2) is 0 Å². The summed E-state index contributed by atoms with van der Waals surface area (Å²) in [7, 11) is 0. The summed E-state index contributed by atoms with van der Waals surface area (Å²) >= 11 is 0. The molecule has 0 radical (unpaired) electrons. The Labute approximate surface area is 242 Å². The fourth-order valence-corrected chi connectivity index (χ4v) is 9.84. The molecule has 0 amide bonds. The van der Waals surface area contributed by atoms with E-state index in [0.717, 1.165) is 35.5 Å². The van der Waals surface area contributed by atoms with E-state index in [4.69, 9.17) is 0 Å². The first kappa shape index (κ1) is 33.9.